The van der Waals surface area contributed by atoms with Gasteiger partial charge < -0.3 is 14.4 Å². The Labute approximate surface area is 161 Å². The fourth-order valence-corrected chi connectivity index (χ4v) is 3.02. The van der Waals surface area contributed by atoms with Gasteiger partial charge in [-0.3, -0.25) is 9.78 Å². The Hall–Kier alpha value is -2.59. The SMILES string of the molecule is CCOc1cc(C#N)cc(Br)c1OCC(=O)N(c1cccnc1)C(C)C. The van der Waals surface area contributed by atoms with Gasteiger partial charge in [-0.1, -0.05) is 0 Å². The summed E-state index contributed by atoms with van der Waals surface area (Å²) in [6.45, 7) is 5.93. The summed E-state index contributed by atoms with van der Waals surface area (Å²) in [6.07, 6.45) is 3.30. The molecular weight excluding hydrogens is 398 g/mol. The first-order valence-corrected chi connectivity index (χ1v) is 8.98. The normalized spacial score (nSPS) is 10.3. The quantitative estimate of drug-likeness (QED) is 0.681. The van der Waals surface area contributed by atoms with E-state index >= 15 is 0 Å². The third kappa shape index (κ3) is 4.73. The summed E-state index contributed by atoms with van der Waals surface area (Å²) < 4.78 is 11.8. The Morgan fingerprint density at radius 1 is 1.38 bits per heavy atom. The summed E-state index contributed by atoms with van der Waals surface area (Å²) >= 11 is 3.38. The molecule has 0 bridgehead atoms. The molecule has 2 rings (SSSR count). The van der Waals surface area contributed by atoms with Crippen molar-refractivity contribution in [1.82, 2.24) is 4.98 Å². The molecule has 0 unspecified atom stereocenters. The largest absolute Gasteiger partial charge is 0.490 e. The number of carbonyl (C=O) groups is 1. The topological polar surface area (TPSA) is 75.5 Å². The van der Waals surface area contributed by atoms with Gasteiger partial charge in [0, 0.05) is 18.3 Å². The van der Waals surface area contributed by atoms with Crippen molar-refractivity contribution in [2.24, 2.45) is 0 Å². The molecule has 0 N–H and O–H groups in total. The lowest BCUT2D eigenvalue weighted by Crippen LogP contribution is -2.40. The molecule has 1 heterocycles. The van der Waals surface area contributed by atoms with Crippen LogP contribution < -0.4 is 14.4 Å². The highest BCUT2D eigenvalue weighted by Gasteiger charge is 2.21. The van der Waals surface area contributed by atoms with E-state index in [-0.39, 0.29) is 18.6 Å². The smallest absolute Gasteiger partial charge is 0.265 e. The highest BCUT2D eigenvalue weighted by Crippen LogP contribution is 2.37. The number of nitrogens with zero attached hydrogens (tertiary/aromatic N) is 3. The molecule has 26 heavy (non-hydrogen) atoms. The molecule has 0 aliphatic heterocycles. The van der Waals surface area contributed by atoms with Crippen molar-refractivity contribution in [2.45, 2.75) is 26.8 Å². The van der Waals surface area contributed by atoms with Gasteiger partial charge in [0.05, 0.1) is 34.6 Å². The van der Waals surface area contributed by atoms with E-state index < -0.39 is 0 Å². The Morgan fingerprint density at radius 3 is 2.73 bits per heavy atom. The predicted octanol–water partition coefficient (Wildman–Crippen LogP) is 3.93. The first-order valence-electron chi connectivity index (χ1n) is 8.19. The number of aromatic nitrogens is 1. The van der Waals surface area contributed by atoms with E-state index in [1.54, 1.807) is 35.5 Å². The minimum Gasteiger partial charge on any atom is -0.490 e. The number of carbonyl (C=O) groups excluding carboxylic acids is 1. The van der Waals surface area contributed by atoms with E-state index in [1.165, 1.54) is 0 Å². The van der Waals surface area contributed by atoms with Crippen LogP contribution in [0.25, 0.3) is 0 Å². The van der Waals surface area contributed by atoms with Crippen molar-refractivity contribution in [3.8, 4) is 17.6 Å². The van der Waals surface area contributed by atoms with Crippen LogP contribution in [0.2, 0.25) is 0 Å². The van der Waals surface area contributed by atoms with Gasteiger partial charge in [-0.2, -0.15) is 5.26 Å². The van der Waals surface area contributed by atoms with Gasteiger partial charge in [0.2, 0.25) is 0 Å². The van der Waals surface area contributed by atoms with E-state index in [1.807, 2.05) is 26.8 Å². The zero-order valence-corrected chi connectivity index (χ0v) is 16.5. The maximum Gasteiger partial charge on any atom is 0.265 e. The van der Waals surface area contributed by atoms with Gasteiger partial charge in [-0.15, -0.1) is 0 Å². The fourth-order valence-electron chi connectivity index (χ4n) is 2.47. The van der Waals surface area contributed by atoms with Crippen LogP contribution in [-0.2, 0) is 4.79 Å². The van der Waals surface area contributed by atoms with Crippen LogP contribution in [-0.4, -0.2) is 30.1 Å². The zero-order chi connectivity index (χ0) is 19.1. The molecule has 7 heteroatoms. The van der Waals surface area contributed by atoms with Crippen LogP contribution in [0.1, 0.15) is 26.3 Å². The van der Waals surface area contributed by atoms with E-state index in [2.05, 4.69) is 27.0 Å². The Morgan fingerprint density at radius 2 is 2.15 bits per heavy atom. The number of anilines is 1. The molecule has 0 aliphatic carbocycles. The highest BCUT2D eigenvalue weighted by molar-refractivity contribution is 9.10. The number of amides is 1. The summed E-state index contributed by atoms with van der Waals surface area (Å²) in [5, 5.41) is 9.09. The second-order valence-corrected chi connectivity index (χ2v) is 6.54. The van der Waals surface area contributed by atoms with Crippen LogP contribution >= 0.6 is 15.9 Å². The average Bonchev–Trinajstić information content (AvgIpc) is 2.61. The summed E-state index contributed by atoms with van der Waals surface area (Å²) in [5.74, 6) is 0.615. The molecule has 0 spiro atoms. The van der Waals surface area contributed by atoms with Crippen molar-refractivity contribution >= 4 is 27.5 Å². The number of hydrogen-bond donors (Lipinski definition) is 0. The van der Waals surface area contributed by atoms with Crippen LogP contribution in [0.3, 0.4) is 0 Å². The number of hydrogen-bond acceptors (Lipinski definition) is 5. The van der Waals surface area contributed by atoms with Gasteiger partial charge >= 0.3 is 0 Å². The molecule has 0 saturated carbocycles. The summed E-state index contributed by atoms with van der Waals surface area (Å²) in [4.78, 5) is 18.4. The molecule has 2 aromatic rings. The first kappa shape index (κ1) is 19.7. The van der Waals surface area contributed by atoms with Gasteiger partial charge in [0.15, 0.2) is 18.1 Å². The third-order valence-electron chi connectivity index (χ3n) is 3.49. The van der Waals surface area contributed by atoms with E-state index in [0.29, 0.717) is 33.8 Å². The molecule has 0 atom stereocenters. The minimum absolute atomic E-state index is 0.0499. The molecule has 6 nitrogen and oxygen atoms in total. The number of benzene rings is 1. The summed E-state index contributed by atoms with van der Waals surface area (Å²) in [6, 6.07) is 8.85. The van der Waals surface area contributed by atoms with Crippen molar-refractivity contribution < 1.29 is 14.3 Å². The lowest BCUT2D eigenvalue weighted by Gasteiger charge is -2.26. The second kappa shape index (κ2) is 9.20. The standard InChI is InChI=1S/C19H20BrN3O3/c1-4-25-17-9-14(10-21)8-16(20)19(17)26-12-18(24)23(13(2)3)15-6-5-7-22-11-15/h5-9,11,13H,4,12H2,1-3H3. The Balaban J connectivity index is 2.22. The molecule has 1 aromatic carbocycles. The minimum atomic E-state index is -0.202. The third-order valence-corrected chi connectivity index (χ3v) is 4.08. The van der Waals surface area contributed by atoms with Crippen LogP contribution in [0, 0.1) is 11.3 Å². The van der Waals surface area contributed by atoms with Crippen LogP contribution in [0.5, 0.6) is 11.5 Å². The molecule has 136 valence electrons. The van der Waals surface area contributed by atoms with Crippen molar-refractivity contribution in [2.75, 3.05) is 18.1 Å². The van der Waals surface area contributed by atoms with Gasteiger partial charge in [-0.25, -0.2) is 0 Å². The molecule has 0 radical (unpaired) electrons. The lowest BCUT2D eigenvalue weighted by molar-refractivity contribution is -0.120. The van der Waals surface area contributed by atoms with Crippen LogP contribution in [0.4, 0.5) is 5.69 Å². The van der Waals surface area contributed by atoms with E-state index in [9.17, 15) is 4.79 Å². The van der Waals surface area contributed by atoms with Gasteiger partial charge in [0.1, 0.15) is 0 Å². The number of ether oxygens (including phenoxy) is 2. The van der Waals surface area contributed by atoms with Crippen molar-refractivity contribution in [1.29, 1.82) is 5.26 Å². The summed E-state index contributed by atoms with van der Waals surface area (Å²) in [7, 11) is 0. The maximum atomic E-state index is 12.7. The van der Waals surface area contributed by atoms with Gasteiger partial charge in [0.25, 0.3) is 5.91 Å². The van der Waals surface area contributed by atoms with Gasteiger partial charge in [-0.05, 0) is 54.9 Å². The maximum absolute atomic E-state index is 12.7. The fraction of sp³-hybridized carbons (Fsp3) is 0.316. The average molecular weight is 418 g/mol. The van der Waals surface area contributed by atoms with E-state index in [4.69, 9.17) is 14.7 Å². The second-order valence-electron chi connectivity index (χ2n) is 5.69. The zero-order valence-electron chi connectivity index (χ0n) is 14.9. The number of pyridine rings is 1. The molecule has 1 amide bonds. The van der Waals surface area contributed by atoms with E-state index in [0.717, 1.165) is 0 Å². The predicted molar refractivity (Wildman–Crippen MR) is 102 cm³/mol. The Kier molecular flexibility index (Phi) is 6.98. The number of nitriles is 1. The number of rotatable bonds is 7. The molecule has 0 aliphatic rings. The monoisotopic (exact) mass is 417 g/mol. The lowest BCUT2D eigenvalue weighted by atomic mass is 10.2. The molecular formula is C19H20BrN3O3. The number of halogens is 1. The summed E-state index contributed by atoms with van der Waals surface area (Å²) in [5.41, 5.74) is 1.15. The molecule has 0 saturated heterocycles. The highest BCUT2D eigenvalue weighted by atomic mass is 79.9. The van der Waals surface area contributed by atoms with Crippen molar-refractivity contribution in [3.05, 3.63) is 46.7 Å². The molecule has 0 fully saturated rings. The Bertz CT molecular complexity index is 804. The molecule has 1 aromatic heterocycles. The first-order chi connectivity index (χ1) is 12.5. The van der Waals surface area contributed by atoms with Crippen molar-refractivity contribution in [3.63, 3.8) is 0 Å². The van der Waals surface area contributed by atoms with Crippen LogP contribution in [0.15, 0.2) is 41.1 Å².